The summed E-state index contributed by atoms with van der Waals surface area (Å²) in [5.74, 6) is -0.350. The summed E-state index contributed by atoms with van der Waals surface area (Å²) >= 11 is 0. The van der Waals surface area contributed by atoms with E-state index in [0.717, 1.165) is 5.56 Å². The van der Waals surface area contributed by atoms with Gasteiger partial charge in [0.05, 0.1) is 17.8 Å². The summed E-state index contributed by atoms with van der Waals surface area (Å²) in [5.41, 5.74) is 1.44. The first-order chi connectivity index (χ1) is 11.0. The van der Waals surface area contributed by atoms with Crippen LogP contribution in [0.5, 0.6) is 0 Å². The van der Waals surface area contributed by atoms with Crippen LogP contribution in [0.3, 0.4) is 0 Å². The Morgan fingerprint density at radius 1 is 1.39 bits per heavy atom. The summed E-state index contributed by atoms with van der Waals surface area (Å²) in [6.45, 7) is 1.71. The first-order valence-corrected chi connectivity index (χ1v) is 7.71. The van der Waals surface area contributed by atoms with Crippen LogP contribution in [0.15, 0.2) is 28.9 Å². The smallest absolute Gasteiger partial charge is 0.222 e. The van der Waals surface area contributed by atoms with Gasteiger partial charge in [-0.25, -0.2) is 4.39 Å². The third-order valence-electron chi connectivity index (χ3n) is 4.46. The highest BCUT2D eigenvalue weighted by Crippen LogP contribution is 2.27. The van der Waals surface area contributed by atoms with E-state index in [1.807, 2.05) is 0 Å². The molecule has 6 heteroatoms. The highest BCUT2D eigenvalue weighted by atomic mass is 19.1. The average Bonchev–Trinajstić information content (AvgIpc) is 3.10. The van der Waals surface area contributed by atoms with Crippen LogP contribution in [0.4, 0.5) is 4.39 Å². The van der Waals surface area contributed by atoms with E-state index in [4.69, 9.17) is 4.42 Å². The predicted octanol–water partition coefficient (Wildman–Crippen LogP) is 1.84. The first-order valence-electron chi connectivity index (χ1n) is 7.71. The minimum atomic E-state index is -0.522. The lowest BCUT2D eigenvalue weighted by Gasteiger charge is -2.17. The predicted molar refractivity (Wildman–Crippen MR) is 84.3 cm³/mol. The van der Waals surface area contributed by atoms with Crippen molar-refractivity contribution in [1.82, 2.24) is 9.80 Å². The van der Waals surface area contributed by atoms with Crippen molar-refractivity contribution in [2.24, 2.45) is 5.92 Å². The summed E-state index contributed by atoms with van der Waals surface area (Å²) < 4.78 is 19.1. The molecule has 0 unspecified atom stereocenters. The van der Waals surface area contributed by atoms with Crippen LogP contribution in [0.2, 0.25) is 0 Å². The van der Waals surface area contributed by atoms with Crippen molar-refractivity contribution < 1.29 is 18.7 Å². The maximum absolute atomic E-state index is 13.7. The quantitative estimate of drug-likeness (QED) is 0.934. The Hall–Kier alpha value is -1.92. The number of likely N-dealkylation sites (tertiary alicyclic amines) is 1. The van der Waals surface area contributed by atoms with Gasteiger partial charge in [-0.2, -0.15) is 0 Å². The Labute approximate surface area is 134 Å². The number of halogens is 1. The molecule has 3 rings (SSSR count). The van der Waals surface area contributed by atoms with Crippen molar-refractivity contribution in [3.05, 3.63) is 35.8 Å². The van der Waals surface area contributed by atoms with Crippen LogP contribution in [0.1, 0.15) is 12.0 Å². The molecular weight excluding hydrogens is 299 g/mol. The lowest BCUT2D eigenvalue weighted by molar-refractivity contribution is -0.130. The number of benzene rings is 1. The molecule has 0 spiro atoms. The molecule has 1 saturated heterocycles. The maximum Gasteiger partial charge on any atom is 0.222 e. The second kappa shape index (κ2) is 6.29. The normalized spacial score (nSPS) is 21.9. The van der Waals surface area contributed by atoms with E-state index >= 15 is 0 Å². The van der Waals surface area contributed by atoms with E-state index in [1.54, 1.807) is 31.1 Å². The van der Waals surface area contributed by atoms with Gasteiger partial charge in [0.2, 0.25) is 5.91 Å². The monoisotopic (exact) mass is 320 g/mol. The Morgan fingerprint density at radius 2 is 2.17 bits per heavy atom. The molecule has 5 nitrogen and oxygen atoms in total. The summed E-state index contributed by atoms with van der Waals surface area (Å²) in [4.78, 5) is 15.4. The highest BCUT2D eigenvalue weighted by molar-refractivity contribution is 5.81. The van der Waals surface area contributed by atoms with Crippen molar-refractivity contribution >= 4 is 16.9 Å². The van der Waals surface area contributed by atoms with Crippen molar-refractivity contribution in [2.75, 3.05) is 27.2 Å². The second-order valence-corrected chi connectivity index (χ2v) is 6.38. The van der Waals surface area contributed by atoms with Gasteiger partial charge in [0.25, 0.3) is 0 Å². The number of aliphatic hydroxyl groups excluding tert-OH is 1. The molecule has 2 atom stereocenters. The van der Waals surface area contributed by atoms with E-state index < -0.39 is 6.10 Å². The standard InChI is InChI=1S/C17H21FN2O3/c1-19(2)16(22)7-12-9-20(10-15(12)21)8-11-3-4-14(18)13-5-6-23-17(11)13/h3-6,12,15,21H,7-10H2,1-2H3/t12-,15-/m1/s1. The number of amides is 1. The zero-order chi connectivity index (χ0) is 16.6. The molecule has 1 aromatic carbocycles. The van der Waals surface area contributed by atoms with Crippen LogP contribution in [-0.2, 0) is 11.3 Å². The minimum Gasteiger partial charge on any atom is -0.464 e. The Morgan fingerprint density at radius 3 is 2.91 bits per heavy atom. The van der Waals surface area contributed by atoms with Crippen LogP contribution < -0.4 is 0 Å². The molecule has 1 fully saturated rings. The average molecular weight is 320 g/mol. The number of rotatable bonds is 4. The second-order valence-electron chi connectivity index (χ2n) is 6.38. The Balaban J connectivity index is 1.70. The van der Waals surface area contributed by atoms with E-state index in [9.17, 15) is 14.3 Å². The van der Waals surface area contributed by atoms with Gasteiger partial charge in [0.15, 0.2) is 0 Å². The molecule has 1 amide bonds. The largest absolute Gasteiger partial charge is 0.464 e. The fourth-order valence-corrected chi connectivity index (χ4v) is 3.13. The van der Waals surface area contributed by atoms with Gasteiger partial charge >= 0.3 is 0 Å². The topological polar surface area (TPSA) is 56.9 Å². The minimum absolute atomic E-state index is 0.0195. The zero-order valence-electron chi connectivity index (χ0n) is 13.3. The molecule has 0 aliphatic carbocycles. The number of carbonyl (C=O) groups excluding carboxylic acids is 1. The van der Waals surface area contributed by atoms with Crippen LogP contribution >= 0.6 is 0 Å². The molecule has 124 valence electrons. The van der Waals surface area contributed by atoms with Gasteiger partial charge in [-0.1, -0.05) is 6.07 Å². The summed E-state index contributed by atoms with van der Waals surface area (Å²) in [6, 6.07) is 4.77. The summed E-state index contributed by atoms with van der Waals surface area (Å²) in [5, 5.41) is 10.7. The maximum atomic E-state index is 13.7. The molecular formula is C17H21FN2O3. The molecule has 0 radical (unpaired) electrons. The number of nitrogens with zero attached hydrogens (tertiary/aromatic N) is 2. The molecule has 2 aromatic rings. The molecule has 0 bridgehead atoms. The van der Waals surface area contributed by atoms with E-state index in [0.29, 0.717) is 37.0 Å². The van der Waals surface area contributed by atoms with Crippen molar-refractivity contribution in [3.8, 4) is 0 Å². The number of furan rings is 1. The van der Waals surface area contributed by atoms with E-state index in [2.05, 4.69) is 4.90 Å². The molecule has 2 heterocycles. The fraction of sp³-hybridized carbons (Fsp3) is 0.471. The van der Waals surface area contributed by atoms with Gasteiger partial charge in [-0.15, -0.1) is 0 Å². The zero-order valence-corrected chi connectivity index (χ0v) is 13.3. The number of aliphatic hydroxyl groups is 1. The molecule has 1 aliphatic heterocycles. The van der Waals surface area contributed by atoms with Gasteiger partial charge in [-0.05, 0) is 12.1 Å². The molecule has 1 aromatic heterocycles. The summed E-state index contributed by atoms with van der Waals surface area (Å²) in [7, 11) is 3.43. The Kier molecular flexibility index (Phi) is 4.37. The number of fused-ring (bicyclic) bond motifs is 1. The molecule has 1 aliphatic rings. The van der Waals surface area contributed by atoms with Gasteiger partial charge in [-0.3, -0.25) is 9.69 Å². The van der Waals surface area contributed by atoms with Gasteiger partial charge in [0.1, 0.15) is 11.4 Å². The van der Waals surface area contributed by atoms with Gasteiger partial charge < -0.3 is 14.4 Å². The lowest BCUT2D eigenvalue weighted by Crippen LogP contribution is -2.28. The first kappa shape index (κ1) is 16.0. The highest BCUT2D eigenvalue weighted by Gasteiger charge is 2.33. The van der Waals surface area contributed by atoms with Crippen molar-refractivity contribution in [1.29, 1.82) is 0 Å². The number of hydrogen-bond donors (Lipinski definition) is 1. The third kappa shape index (κ3) is 3.23. The van der Waals surface area contributed by atoms with Crippen LogP contribution in [0, 0.1) is 11.7 Å². The number of β-amino-alcohol motifs (C(OH)–C–C–N with tert-alkyl or cyclic N) is 1. The number of carbonyl (C=O) groups is 1. The molecule has 23 heavy (non-hydrogen) atoms. The van der Waals surface area contributed by atoms with E-state index in [1.165, 1.54) is 12.3 Å². The van der Waals surface area contributed by atoms with Crippen molar-refractivity contribution in [3.63, 3.8) is 0 Å². The van der Waals surface area contributed by atoms with Crippen molar-refractivity contribution in [2.45, 2.75) is 19.1 Å². The SMILES string of the molecule is CN(C)C(=O)C[C@@H]1CN(Cc2ccc(F)c3ccoc23)C[C@H]1O. The fourth-order valence-electron chi connectivity index (χ4n) is 3.13. The number of hydrogen-bond acceptors (Lipinski definition) is 4. The van der Waals surface area contributed by atoms with Gasteiger partial charge in [0, 0.05) is 51.6 Å². The van der Waals surface area contributed by atoms with E-state index in [-0.39, 0.29) is 17.6 Å². The van der Waals surface area contributed by atoms with Crippen LogP contribution in [0.25, 0.3) is 11.0 Å². The third-order valence-corrected chi connectivity index (χ3v) is 4.46. The molecule has 0 saturated carbocycles. The molecule has 1 N–H and O–H groups in total. The summed E-state index contributed by atoms with van der Waals surface area (Å²) in [6.07, 6.45) is 1.30. The Bertz CT molecular complexity index is 713. The van der Waals surface area contributed by atoms with Crippen LogP contribution in [-0.4, -0.2) is 54.1 Å². The lowest BCUT2D eigenvalue weighted by atomic mass is 10.0.